The second-order valence-corrected chi connectivity index (χ2v) is 5.04. The first-order valence-electron chi connectivity index (χ1n) is 5.86. The van der Waals surface area contributed by atoms with Gasteiger partial charge in [0.25, 0.3) is 0 Å². The molecule has 1 aromatic carbocycles. The van der Waals surface area contributed by atoms with Crippen molar-refractivity contribution in [2.75, 3.05) is 12.4 Å². The highest BCUT2D eigenvalue weighted by atomic mass is 35.5. The number of benzene rings is 1. The van der Waals surface area contributed by atoms with E-state index in [0.717, 1.165) is 0 Å². The Kier molecular flexibility index (Phi) is 6.21. The molecule has 4 nitrogen and oxygen atoms in total. The molecule has 1 unspecified atom stereocenters. The lowest BCUT2D eigenvalue weighted by Gasteiger charge is -2.11. The van der Waals surface area contributed by atoms with Gasteiger partial charge in [-0.2, -0.15) is 0 Å². The summed E-state index contributed by atoms with van der Waals surface area (Å²) in [5, 5.41) is 3.16. The summed E-state index contributed by atoms with van der Waals surface area (Å²) < 4.78 is 5.08. The zero-order valence-corrected chi connectivity index (χ0v) is 12.5. The first-order valence-corrected chi connectivity index (χ1v) is 6.64. The van der Waals surface area contributed by atoms with Gasteiger partial charge >= 0.3 is 0 Å². The maximum absolute atomic E-state index is 11.7. The average molecular weight is 301 g/mol. The van der Waals surface area contributed by atoms with E-state index in [-0.39, 0.29) is 17.0 Å². The van der Waals surface area contributed by atoms with Gasteiger partial charge < -0.3 is 15.8 Å². The minimum atomic E-state index is -0.103. The monoisotopic (exact) mass is 300 g/mol. The van der Waals surface area contributed by atoms with Crippen LogP contribution in [0.1, 0.15) is 25.3 Å². The van der Waals surface area contributed by atoms with Gasteiger partial charge in [-0.25, -0.2) is 0 Å². The van der Waals surface area contributed by atoms with Crippen molar-refractivity contribution in [1.82, 2.24) is 0 Å². The van der Waals surface area contributed by atoms with Crippen molar-refractivity contribution in [3.05, 3.63) is 28.8 Å². The molecule has 0 bridgehead atoms. The highest BCUT2D eigenvalue weighted by Crippen LogP contribution is 2.23. The van der Waals surface area contributed by atoms with Crippen LogP contribution in [0.15, 0.2) is 18.2 Å². The summed E-state index contributed by atoms with van der Waals surface area (Å²) in [6.07, 6.45) is 1.09. The number of halogens is 1. The highest BCUT2D eigenvalue weighted by Gasteiger charge is 2.09. The molecule has 19 heavy (non-hydrogen) atoms. The van der Waals surface area contributed by atoms with Crippen molar-refractivity contribution in [1.29, 1.82) is 0 Å². The van der Waals surface area contributed by atoms with E-state index in [1.807, 2.05) is 6.92 Å². The molecule has 0 aliphatic rings. The molecule has 0 radical (unpaired) electrons. The standard InChI is InChI=1S/C13H17ClN2O2S/c1-8(18-2)3-6-12(17)16-11-5-4-9(13(15)19)7-10(11)14/h4-5,7-8H,3,6H2,1-2H3,(H2,15,19)(H,16,17). The number of methoxy groups -OCH3 is 1. The van der Waals surface area contributed by atoms with Crippen LogP contribution in [0.3, 0.4) is 0 Å². The second-order valence-electron chi connectivity index (χ2n) is 4.19. The fraction of sp³-hybridized carbons (Fsp3) is 0.385. The Morgan fingerprint density at radius 3 is 2.79 bits per heavy atom. The van der Waals surface area contributed by atoms with Crippen LogP contribution in [0.4, 0.5) is 5.69 Å². The number of amides is 1. The third-order valence-electron chi connectivity index (χ3n) is 2.71. The van der Waals surface area contributed by atoms with Crippen LogP contribution in [0.5, 0.6) is 0 Å². The van der Waals surface area contributed by atoms with Gasteiger partial charge in [0.15, 0.2) is 0 Å². The molecule has 0 heterocycles. The molecule has 0 aliphatic carbocycles. The number of thiocarbonyl (C=S) groups is 1. The summed E-state index contributed by atoms with van der Waals surface area (Å²) in [5.74, 6) is -0.103. The molecule has 0 spiro atoms. The zero-order valence-electron chi connectivity index (χ0n) is 10.9. The van der Waals surface area contributed by atoms with E-state index in [0.29, 0.717) is 29.1 Å². The van der Waals surface area contributed by atoms with E-state index in [4.69, 9.17) is 34.3 Å². The summed E-state index contributed by atoms with van der Waals surface area (Å²) in [4.78, 5) is 12.0. The second kappa shape index (κ2) is 7.43. The number of anilines is 1. The van der Waals surface area contributed by atoms with E-state index in [1.165, 1.54) is 0 Å². The van der Waals surface area contributed by atoms with Crippen LogP contribution in [-0.2, 0) is 9.53 Å². The van der Waals surface area contributed by atoms with Crippen molar-refractivity contribution in [2.45, 2.75) is 25.9 Å². The summed E-state index contributed by atoms with van der Waals surface area (Å²) in [5.41, 5.74) is 6.73. The molecule has 0 fully saturated rings. The number of rotatable bonds is 6. The van der Waals surface area contributed by atoms with Crippen LogP contribution in [0.2, 0.25) is 5.02 Å². The first-order chi connectivity index (χ1) is 8.93. The minimum absolute atomic E-state index is 0.0539. The lowest BCUT2D eigenvalue weighted by atomic mass is 10.2. The topological polar surface area (TPSA) is 64.3 Å². The lowest BCUT2D eigenvalue weighted by molar-refractivity contribution is -0.116. The Hall–Kier alpha value is -1.17. The summed E-state index contributed by atoms with van der Waals surface area (Å²) in [6.45, 7) is 1.91. The maximum atomic E-state index is 11.7. The normalized spacial score (nSPS) is 11.9. The zero-order chi connectivity index (χ0) is 14.4. The molecule has 1 aromatic rings. The van der Waals surface area contributed by atoms with Gasteiger partial charge in [-0.15, -0.1) is 0 Å². The smallest absolute Gasteiger partial charge is 0.224 e. The van der Waals surface area contributed by atoms with Crippen LogP contribution in [0.25, 0.3) is 0 Å². The van der Waals surface area contributed by atoms with Crippen molar-refractivity contribution in [2.24, 2.45) is 5.73 Å². The number of hydrogen-bond acceptors (Lipinski definition) is 3. The van der Waals surface area contributed by atoms with Gasteiger partial charge in [-0.05, 0) is 31.5 Å². The number of nitrogens with two attached hydrogens (primary N) is 1. The molecular weight excluding hydrogens is 284 g/mol. The molecule has 3 N–H and O–H groups in total. The molecule has 1 amide bonds. The molecule has 104 valence electrons. The van der Waals surface area contributed by atoms with E-state index in [1.54, 1.807) is 25.3 Å². The Bertz CT molecular complexity index is 480. The van der Waals surface area contributed by atoms with Crippen molar-refractivity contribution in [3.63, 3.8) is 0 Å². The predicted octanol–water partition coefficient (Wildman–Crippen LogP) is 2.73. The predicted molar refractivity (Wildman–Crippen MR) is 81.7 cm³/mol. The van der Waals surface area contributed by atoms with Crippen molar-refractivity contribution >= 4 is 40.4 Å². The average Bonchev–Trinajstić information content (AvgIpc) is 2.38. The van der Waals surface area contributed by atoms with Gasteiger partial charge in [-0.3, -0.25) is 4.79 Å². The van der Waals surface area contributed by atoms with Gasteiger partial charge in [0.1, 0.15) is 4.99 Å². The lowest BCUT2D eigenvalue weighted by Crippen LogP contribution is -2.16. The molecule has 0 aromatic heterocycles. The van der Waals surface area contributed by atoms with Gasteiger partial charge in [-0.1, -0.05) is 23.8 Å². The van der Waals surface area contributed by atoms with Gasteiger partial charge in [0, 0.05) is 19.1 Å². The molecule has 6 heteroatoms. The van der Waals surface area contributed by atoms with Gasteiger partial charge in [0.2, 0.25) is 5.91 Å². The van der Waals surface area contributed by atoms with Crippen LogP contribution in [-0.4, -0.2) is 24.1 Å². The fourth-order valence-electron chi connectivity index (χ4n) is 1.43. The third-order valence-corrected chi connectivity index (χ3v) is 3.26. The van der Waals surface area contributed by atoms with E-state index < -0.39 is 0 Å². The Morgan fingerprint density at radius 1 is 1.58 bits per heavy atom. The largest absolute Gasteiger partial charge is 0.389 e. The number of ether oxygens (including phenoxy) is 1. The van der Waals surface area contributed by atoms with Crippen molar-refractivity contribution in [3.8, 4) is 0 Å². The summed E-state index contributed by atoms with van der Waals surface area (Å²) >= 11 is 10.9. The van der Waals surface area contributed by atoms with Gasteiger partial charge in [0.05, 0.1) is 16.8 Å². The molecular formula is C13H17ClN2O2S. The summed E-state index contributed by atoms with van der Waals surface area (Å²) in [6, 6.07) is 5.05. The molecule has 0 aliphatic heterocycles. The van der Waals surface area contributed by atoms with E-state index in [2.05, 4.69) is 5.32 Å². The fourth-order valence-corrected chi connectivity index (χ4v) is 1.79. The number of nitrogens with one attached hydrogen (secondary N) is 1. The quantitative estimate of drug-likeness (QED) is 0.793. The Balaban J connectivity index is 2.62. The van der Waals surface area contributed by atoms with Crippen LogP contribution < -0.4 is 11.1 Å². The first kappa shape index (κ1) is 15.9. The number of hydrogen-bond donors (Lipinski definition) is 2. The SMILES string of the molecule is COC(C)CCC(=O)Nc1ccc(C(N)=S)cc1Cl. The third kappa shape index (κ3) is 5.14. The van der Waals surface area contributed by atoms with Crippen LogP contribution >= 0.6 is 23.8 Å². The number of carbonyl (C=O) groups is 1. The summed E-state index contributed by atoms with van der Waals surface area (Å²) in [7, 11) is 1.62. The van der Waals surface area contributed by atoms with Crippen molar-refractivity contribution < 1.29 is 9.53 Å². The molecule has 0 saturated carbocycles. The molecule has 0 saturated heterocycles. The Morgan fingerprint density at radius 2 is 2.26 bits per heavy atom. The van der Waals surface area contributed by atoms with E-state index in [9.17, 15) is 4.79 Å². The molecule has 1 rings (SSSR count). The molecule has 1 atom stereocenters. The minimum Gasteiger partial charge on any atom is -0.389 e. The Labute approximate surface area is 123 Å². The highest BCUT2D eigenvalue weighted by molar-refractivity contribution is 7.80. The van der Waals surface area contributed by atoms with Crippen LogP contribution in [0, 0.1) is 0 Å². The maximum Gasteiger partial charge on any atom is 0.224 e. The van der Waals surface area contributed by atoms with E-state index >= 15 is 0 Å². The number of carbonyl (C=O) groups excluding carboxylic acids is 1.